The highest BCUT2D eigenvalue weighted by Crippen LogP contribution is 2.27. The molecule has 98 valence electrons. The van der Waals surface area contributed by atoms with Gasteiger partial charge in [0.05, 0.1) is 11.9 Å². The van der Waals surface area contributed by atoms with Gasteiger partial charge in [-0.2, -0.15) is 0 Å². The number of aromatic nitrogens is 3. The minimum atomic E-state index is -0.271. The van der Waals surface area contributed by atoms with E-state index in [1.54, 1.807) is 0 Å². The molecule has 1 amide bonds. The summed E-state index contributed by atoms with van der Waals surface area (Å²) in [5.41, 5.74) is 1.39. The van der Waals surface area contributed by atoms with Crippen LogP contribution in [0.15, 0.2) is 18.6 Å². The molecule has 7 heteroatoms. The van der Waals surface area contributed by atoms with E-state index in [-0.39, 0.29) is 5.91 Å². The Bertz CT molecular complexity index is 597. The summed E-state index contributed by atoms with van der Waals surface area (Å²) in [5.74, 6) is -0.271. The quantitative estimate of drug-likeness (QED) is 0.891. The number of anilines is 1. The van der Waals surface area contributed by atoms with Crippen LogP contribution >= 0.6 is 11.3 Å². The highest BCUT2D eigenvalue weighted by molar-refractivity contribution is 7.15. The fourth-order valence-corrected chi connectivity index (χ4v) is 3.04. The van der Waals surface area contributed by atoms with Crippen LogP contribution in [0.25, 0.3) is 0 Å². The molecule has 0 fully saturated rings. The molecule has 2 aromatic heterocycles. The predicted octanol–water partition coefficient (Wildman–Crippen LogP) is 1.17. The second-order valence-corrected chi connectivity index (χ2v) is 5.51. The summed E-state index contributed by atoms with van der Waals surface area (Å²) in [6, 6.07) is 0. The topological polar surface area (TPSA) is 71.0 Å². The maximum atomic E-state index is 11.9. The number of fused-ring (bicyclic) bond motifs is 1. The third-order valence-electron chi connectivity index (χ3n) is 2.94. The average molecular weight is 275 g/mol. The second-order valence-electron chi connectivity index (χ2n) is 4.42. The molecule has 2 aromatic rings. The van der Waals surface area contributed by atoms with E-state index in [1.807, 2.05) is 0 Å². The molecule has 19 heavy (non-hydrogen) atoms. The van der Waals surface area contributed by atoms with Gasteiger partial charge in [0.1, 0.15) is 5.69 Å². The van der Waals surface area contributed by atoms with E-state index in [4.69, 9.17) is 0 Å². The van der Waals surface area contributed by atoms with Gasteiger partial charge in [-0.15, -0.1) is 11.3 Å². The summed E-state index contributed by atoms with van der Waals surface area (Å²) in [6.45, 7) is 1.91. The van der Waals surface area contributed by atoms with Gasteiger partial charge in [-0.05, 0) is 7.05 Å². The molecule has 0 spiro atoms. The third-order valence-corrected chi connectivity index (χ3v) is 3.94. The highest BCUT2D eigenvalue weighted by Gasteiger charge is 2.19. The molecular weight excluding hydrogens is 262 g/mol. The zero-order valence-corrected chi connectivity index (χ0v) is 11.3. The minimum absolute atomic E-state index is 0.271. The molecule has 0 radical (unpaired) electrons. The molecule has 0 unspecified atom stereocenters. The number of carbonyl (C=O) groups is 1. The summed E-state index contributed by atoms with van der Waals surface area (Å²) in [5, 5.41) is 3.41. The van der Waals surface area contributed by atoms with E-state index in [9.17, 15) is 4.79 Å². The van der Waals surface area contributed by atoms with Crippen LogP contribution in [0.2, 0.25) is 0 Å². The van der Waals surface area contributed by atoms with Crippen molar-refractivity contribution in [2.24, 2.45) is 0 Å². The van der Waals surface area contributed by atoms with Crippen LogP contribution in [-0.4, -0.2) is 39.4 Å². The van der Waals surface area contributed by atoms with Crippen LogP contribution in [0.5, 0.6) is 0 Å². The van der Waals surface area contributed by atoms with Gasteiger partial charge in [-0.3, -0.25) is 15.1 Å². The third kappa shape index (κ3) is 2.61. The monoisotopic (exact) mass is 275 g/mol. The first-order chi connectivity index (χ1) is 9.22. The van der Waals surface area contributed by atoms with Crippen molar-refractivity contribution in [2.75, 3.05) is 18.9 Å². The molecule has 3 heterocycles. The van der Waals surface area contributed by atoms with Crippen LogP contribution in [0.1, 0.15) is 21.1 Å². The maximum absolute atomic E-state index is 11.9. The van der Waals surface area contributed by atoms with Crippen LogP contribution < -0.4 is 5.32 Å². The van der Waals surface area contributed by atoms with E-state index in [0.717, 1.165) is 25.2 Å². The summed E-state index contributed by atoms with van der Waals surface area (Å²) < 4.78 is 0. The first-order valence-electron chi connectivity index (χ1n) is 5.97. The Labute approximate surface area is 114 Å². The second kappa shape index (κ2) is 5.02. The number of nitrogens with one attached hydrogen (secondary N) is 1. The lowest BCUT2D eigenvalue weighted by atomic mass is 10.2. The van der Waals surface area contributed by atoms with Gasteiger partial charge >= 0.3 is 0 Å². The smallest absolute Gasteiger partial charge is 0.277 e. The molecule has 0 bridgehead atoms. The average Bonchev–Trinajstić information content (AvgIpc) is 2.81. The number of hydrogen-bond acceptors (Lipinski definition) is 6. The number of nitrogens with zero attached hydrogens (tertiary/aromatic N) is 4. The molecule has 0 saturated carbocycles. The van der Waals surface area contributed by atoms with Crippen LogP contribution in [0, 0.1) is 0 Å². The Hall–Kier alpha value is -1.86. The van der Waals surface area contributed by atoms with Crippen molar-refractivity contribution >= 4 is 22.4 Å². The highest BCUT2D eigenvalue weighted by atomic mass is 32.1. The zero-order valence-electron chi connectivity index (χ0n) is 10.5. The summed E-state index contributed by atoms with van der Waals surface area (Å²) in [7, 11) is 2.08. The number of likely N-dealkylation sites (N-methyl/N-ethyl adjacent to an activating group) is 1. The summed E-state index contributed by atoms with van der Waals surface area (Å²) in [4.78, 5) is 27.7. The van der Waals surface area contributed by atoms with Gasteiger partial charge in [-0.25, -0.2) is 9.97 Å². The van der Waals surface area contributed by atoms with Crippen molar-refractivity contribution in [3.8, 4) is 0 Å². The van der Waals surface area contributed by atoms with Gasteiger partial charge in [-0.1, -0.05) is 0 Å². The molecule has 1 N–H and O–H groups in total. The van der Waals surface area contributed by atoms with Crippen LogP contribution in [0.4, 0.5) is 5.13 Å². The van der Waals surface area contributed by atoms with E-state index < -0.39 is 0 Å². The van der Waals surface area contributed by atoms with Crippen molar-refractivity contribution in [2.45, 2.75) is 13.0 Å². The van der Waals surface area contributed by atoms with E-state index in [1.165, 1.54) is 34.8 Å². The number of thiazole rings is 1. The Morgan fingerprint density at radius 2 is 2.37 bits per heavy atom. The zero-order chi connectivity index (χ0) is 13.2. The fourth-order valence-electron chi connectivity index (χ4n) is 1.95. The molecule has 6 nitrogen and oxygen atoms in total. The molecule has 3 rings (SSSR count). The molecular formula is C12H13N5OS. The van der Waals surface area contributed by atoms with Crippen molar-refractivity contribution in [3.63, 3.8) is 0 Å². The standard InChI is InChI=1S/C12H13N5OS/c1-17-5-2-8-10(7-17)19-12(15-8)16-11(18)9-6-13-3-4-14-9/h3-4,6H,2,5,7H2,1H3,(H,15,16,18). The maximum Gasteiger partial charge on any atom is 0.277 e. The Morgan fingerprint density at radius 3 is 3.16 bits per heavy atom. The van der Waals surface area contributed by atoms with Crippen molar-refractivity contribution in [1.29, 1.82) is 0 Å². The molecule has 1 aliphatic rings. The van der Waals surface area contributed by atoms with Crippen molar-refractivity contribution in [1.82, 2.24) is 19.9 Å². The predicted molar refractivity (Wildman–Crippen MR) is 72.1 cm³/mol. The van der Waals surface area contributed by atoms with Gasteiger partial charge in [0, 0.05) is 36.8 Å². The van der Waals surface area contributed by atoms with E-state index >= 15 is 0 Å². The van der Waals surface area contributed by atoms with Gasteiger partial charge in [0.15, 0.2) is 5.13 Å². The normalized spacial score (nSPS) is 15.0. The number of rotatable bonds is 2. The molecule has 1 aliphatic heterocycles. The first kappa shape index (κ1) is 12.2. The van der Waals surface area contributed by atoms with Gasteiger partial charge in [0.2, 0.25) is 0 Å². The Balaban J connectivity index is 1.76. The number of hydrogen-bond donors (Lipinski definition) is 1. The Morgan fingerprint density at radius 1 is 1.47 bits per heavy atom. The van der Waals surface area contributed by atoms with Gasteiger partial charge in [0.25, 0.3) is 5.91 Å². The molecule has 0 atom stereocenters. The lowest BCUT2D eigenvalue weighted by Gasteiger charge is -2.20. The minimum Gasteiger partial charge on any atom is -0.301 e. The summed E-state index contributed by atoms with van der Waals surface area (Å²) >= 11 is 1.53. The van der Waals surface area contributed by atoms with Crippen molar-refractivity contribution < 1.29 is 4.79 Å². The lowest BCUT2D eigenvalue weighted by Crippen LogP contribution is -2.25. The largest absolute Gasteiger partial charge is 0.301 e. The fraction of sp³-hybridized carbons (Fsp3) is 0.333. The van der Waals surface area contributed by atoms with E-state index in [0.29, 0.717) is 10.8 Å². The SMILES string of the molecule is CN1CCc2nc(NC(=O)c3cnccn3)sc2C1. The number of amides is 1. The summed E-state index contributed by atoms with van der Waals surface area (Å²) in [6.07, 6.45) is 5.41. The molecule has 0 aliphatic carbocycles. The molecule has 0 aromatic carbocycles. The first-order valence-corrected chi connectivity index (χ1v) is 6.78. The lowest BCUT2D eigenvalue weighted by molar-refractivity contribution is 0.102. The van der Waals surface area contributed by atoms with Crippen molar-refractivity contribution in [3.05, 3.63) is 34.9 Å². The van der Waals surface area contributed by atoms with Crippen LogP contribution in [-0.2, 0) is 13.0 Å². The molecule has 0 saturated heterocycles. The van der Waals surface area contributed by atoms with Crippen LogP contribution in [0.3, 0.4) is 0 Å². The van der Waals surface area contributed by atoms with Gasteiger partial charge < -0.3 is 4.90 Å². The number of carbonyl (C=O) groups excluding carboxylic acids is 1. The van der Waals surface area contributed by atoms with E-state index in [2.05, 4.69) is 32.2 Å². The Kier molecular flexibility index (Phi) is 3.22.